The maximum atomic E-state index is 11.6. The molecule has 90 valence electrons. The first-order chi connectivity index (χ1) is 7.77. The number of nitrogens with one attached hydrogen (secondary N) is 2. The molecule has 1 amide bonds. The number of amides is 1. The van der Waals surface area contributed by atoms with E-state index in [9.17, 15) is 4.79 Å². The van der Waals surface area contributed by atoms with Gasteiger partial charge in [0.05, 0.1) is 0 Å². The molecule has 16 heavy (non-hydrogen) atoms. The van der Waals surface area contributed by atoms with Crippen molar-refractivity contribution in [3.8, 4) is 0 Å². The lowest BCUT2D eigenvalue weighted by molar-refractivity contribution is 0.0944. The van der Waals surface area contributed by atoms with E-state index in [0.717, 1.165) is 31.7 Å². The third-order valence-electron chi connectivity index (χ3n) is 2.21. The normalized spacial score (nSPS) is 10.4. The van der Waals surface area contributed by atoms with Crippen LogP contribution in [-0.2, 0) is 6.42 Å². The summed E-state index contributed by atoms with van der Waals surface area (Å²) in [5.41, 5.74) is 0.361. The standard InChI is InChI=1S/C11H19N3O2/c1-3-9-8-10(14-16-9)11(15)13-7-5-6-12-4-2/h8,12H,3-7H2,1-2H3,(H,13,15). The van der Waals surface area contributed by atoms with E-state index in [1.165, 1.54) is 0 Å². The average molecular weight is 225 g/mol. The van der Waals surface area contributed by atoms with Crippen molar-refractivity contribution in [1.82, 2.24) is 15.8 Å². The van der Waals surface area contributed by atoms with Gasteiger partial charge in [0.2, 0.25) is 0 Å². The minimum absolute atomic E-state index is 0.167. The SMILES string of the molecule is CCNCCCNC(=O)c1cc(CC)on1. The van der Waals surface area contributed by atoms with Crippen LogP contribution in [0.2, 0.25) is 0 Å². The summed E-state index contributed by atoms with van der Waals surface area (Å²) in [5.74, 6) is 0.567. The summed E-state index contributed by atoms with van der Waals surface area (Å²) in [4.78, 5) is 11.6. The average Bonchev–Trinajstić information content (AvgIpc) is 2.77. The van der Waals surface area contributed by atoms with Crippen molar-refractivity contribution < 1.29 is 9.32 Å². The predicted octanol–water partition coefficient (Wildman–Crippen LogP) is 0.966. The van der Waals surface area contributed by atoms with E-state index in [-0.39, 0.29) is 5.91 Å². The summed E-state index contributed by atoms with van der Waals surface area (Å²) in [6, 6.07) is 1.68. The Balaban J connectivity index is 2.24. The number of hydrogen-bond donors (Lipinski definition) is 2. The number of aryl methyl sites for hydroxylation is 1. The van der Waals surface area contributed by atoms with E-state index in [0.29, 0.717) is 12.2 Å². The Bertz CT molecular complexity index is 323. The first kappa shape index (κ1) is 12.7. The van der Waals surface area contributed by atoms with E-state index < -0.39 is 0 Å². The largest absolute Gasteiger partial charge is 0.361 e. The fourth-order valence-corrected chi connectivity index (χ4v) is 1.27. The van der Waals surface area contributed by atoms with Crippen LogP contribution in [0.3, 0.4) is 0 Å². The summed E-state index contributed by atoms with van der Waals surface area (Å²) in [6.07, 6.45) is 1.67. The Labute approximate surface area is 95.6 Å². The molecule has 1 heterocycles. The second-order valence-corrected chi connectivity index (χ2v) is 3.50. The van der Waals surface area contributed by atoms with E-state index in [2.05, 4.69) is 22.7 Å². The van der Waals surface area contributed by atoms with Crippen LogP contribution in [0.4, 0.5) is 0 Å². The van der Waals surface area contributed by atoms with Crippen molar-refractivity contribution in [2.24, 2.45) is 0 Å². The number of aromatic nitrogens is 1. The predicted molar refractivity (Wildman–Crippen MR) is 61.4 cm³/mol. The van der Waals surface area contributed by atoms with E-state index >= 15 is 0 Å². The van der Waals surface area contributed by atoms with Crippen LogP contribution in [0, 0.1) is 0 Å². The molecule has 0 atom stereocenters. The van der Waals surface area contributed by atoms with Gasteiger partial charge in [-0.25, -0.2) is 0 Å². The number of nitrogens with zero attached hydrogens (tertiary/aromatic N) is 1. The van der Waals surface area contributed by atoms with Gasteiger partial charge in [0.25, 0.3) is 5.91 Å². The Morgan fingerprint density at radius 2 is 2.25 bits per heavy atom. The Kier molecular flexibility index (Phi) is 5.56. The molecule has 0 aliphatic rings. The van der Waals surface area contributed by atoms with Gasteiger partial charge in [-0.15, -0.1) is 0 Å². The lowest BCUT2D eigenvalue weighted by Crippen LogP contribution is -2.27. The molecule has 0 saturated heterocycles. The summed E-state index contributed by atoms with van der Waals surface area (Å²) in [6.45, 7) is 6.53. The molecule has 5 nitrogen and oxygen atoms in total. The highest BCUT2D eigenvalue weighted by molar-refractivity contribution is 5.92. The van der Waals surface area contributed by atoms with Gasteiger partial charge < -0.3 is 15.2 Å². The molecule has 5 heteroatoms. The van der Waals surface area contributed by atoms with Gasteiger partial charge >= 0.3 is 0 Å². The van der Waals surface area contributed by atoms with Crippen LogP contribution in [0.1, 0.15) is 36.5 Å². The first-order valence-electron chi connectivity index (χ1n) is 5.72. The van der Waals surface area contributed by atoms with E-state index in [1.54, 1.807) is 6.07 Å². The van der Waals surface area contributed by atoms with Crippen molar-refractivity contribution in [2.45, 2.75) is 26.7 Å². The summed E-state index contributed by atoms with van der Waals surface area (Å²) < 4.78 is 4.96. The van der Waals surface area contributed by atoms with Crippen molar-refractivity contribution in [2.75, 3.05) is 19.6 Å². The second kappa shape index (κ2) is 7.00. The highest BCUT2D eigenvalue weighted by atomic mass is 16.5. The van der Waals surface area contributed by atoms with Gasteiger partial charge in [-0.3, -0.25) is 4.79 Å². The number of carbonyl (C=O) groups is 1. The fraction of sp³-hybridized carbons (Fsp3) is 0.636. The molecule has 0 aliphatic heterocycles. The molecule has 0 radical (unpaired) electrons. The molecule has 0 unspecified atom stereocenters. The van der Waals surface area contributed by atoms with Crippen LogP contribution >= 0.6 is 0 Å². The Morgan fingerprint density at radius 1 is 1.44 bits per heavy atom. The quantitative estimate of drug-likeness (QED) is 0.678. The molecule has 0 fully saturated rings. The Hall–Kier alpha value is -1.36. The lowest BCUT2D eigenvalue weighted by Gasteiger charge is -2.02. The van der Waals surface area contributed by atoms with Gasteiger partial charge in [0.1, 0.15) is 5.76 Å². The first-order valence-corrected chi connectivity index (χ1v) is 5.72. The van der Waals surface area contributed by atoms with E-state index in [1.807, 2.05) is 6.92 Å². The lowest BCUT2D eigenvalue weighted by atomic mass is 10.3. The van der Waals surface area contributed by atoms with Gasteiger partial charge in [0.15, 0.2) is 5.69 Å². The highest BCUT2D eigenvalue weighted by Crippen LogP contribution is 2.03. The molecule has 1 aromatic rings. The molecular formula is C11H19N3O2. The molecule has 0 bridgehead atoms. The number of hydrogen-bond acceptors (Lipinski definition) is 4. The fourth-order valence-electron chi connectivity index (χ4n) is 1.27. The zero-order valence-electron chi connectivity index (χ0n) is 9.88. The van der Waals surface area contributed by atoms with Crippen LogP contribution < -0.4 is 10.6 Å². The van der Waals surface area contributed by atoms with Gasteiger partial charge in [-0.2, -0.15) is 0 Å². The molecule has 0 aliphatic carbocycles. The summed E-state index contributed by atoms with van der Waals surface area (Å²) in [7, 11) is 0. The molecule has 2 N–H and O–H groups in total. The van der Waals surface area contributed by atoms with Crippen LogP contribution in [-0.4, -0.2) is 30.7 Å². The van der Waals surface area contributed by atoms with Crippen LogP contribution in [0.25, 0.3) is 0 Å². The number of carbonyl (C=O) groups excluding carboxylic acids is 1. The van der Waals surface area contributed by atoms with Crippen LogP contribution in [0.5, 0.6) is 0 Å². The van der Waals surface area contributed by atoms with E-state index in [4.69, 9.17) is 4.52 Å². The van der Waals surface area contributed by atoms with Crippen LogP contribution in [0.15, 0.2) is 10.6 Å². The summed E-state index contributed by atoms with van der Waals surface area (Å²) in [5, 5.41) is 9.68. The Morgan fingerprint density at radius 3 is 2.88 bits per heavy atom. The minimum Gasteiger partial charge on any atom is -0.361 e. The zero-order chi connectivity index (χ0) is 11.8. The minimum atomic E-state index is -0.167. The van der Waals surface area contributed by atoms with Crippen molar-refractivity contribution in [1.29, 1.82) is 0 Å². The maximum absolute atomic E-state index is 11.6. The molecular weight excluding hydrogens is 206 g/mol. The van der Waals surface area contributed by atoms with Gasteiger partial charge in [-0.05, 0) is 19.5 Å². The van der Waals surface area contributed by atoms with Crippen molar-refractivity contribution in [3.05, 3.63) is 17.5 Å². The molecule has 0 spiro atoms. The third kappa shape index (κ3) is 4.02. The van der Waals surface area contributed by atoms with Gasteiger partial charge in [0, 0.05) is 19.0 Å². The molecule has 0 aromatic carbocycles. The molecule has 1 aromatic heterocycles. The topological polar surface area (TPSA) is 67.2 Å². The smallest absolute Gasteiger partial charge is 0.273 e. The molecule has 0 saturated carbocycles. The monoisotopic (exact) mass is 225 g/mol. The highest BCUT2D eigenvalue weighted by Gasteiger charge is 2.10. The second-order valence-electron chi connectivity index (χ2n) is 3.50. The third-order valence-corrected chi connectivity index (χ3v) is 2.21. The summed E-state index contributed by atoms with van der Waals surface area (Å²) >= 11 is 0. The maximum Gasteiger partial charge on any atom is 0.273 e. The zero-order valence-corrected chi connectivity index (χ0v) is 9.88. The van der Waals surface area contributed by atoms with Crippen molar-refractivity contribution in [3.63, 3.8) is 0 Å². The number of rotatable bonds is 7. The van der Waals surface area contributed by atoms with Gasteiger partial charge in [-0.1, -0.05) is 19.0 Å². The van der Waals surface area contributed by atoms with Crippen molar-refractivity contribution >= 4 is 5.91 Å². The molecule has 1 rings (SSSR count).